The zero-order chi connectivity index (χ0) is 14.5. The van der Waals surface area contributed by atoms with Crippen molar-refractivity contribution in [2.24, 2.45) is 0 Å². The SMILES string of the molecule is CC(C)OCC(=O)N1CCCC(N2CCNCC2=O)C1. The number of nitrogens with one attached hydrogen (secondary N) is 1. The van der Waals surface area contributed by atoms with Crippen molar-refractivity contribution in [3.8, 4) is 0 Å². The van der Waals surface area contributed by atoms with E-state index in [1.807, 2.05) is 23.6 Å². The second-order valence-corrected chi connectivity index (χ2v) is 5.76. The van der Waals surface area contributed by atoms with E-state index in [2.05, 4.69) is 5.32 Å². The summed E-state index contributed by atoms with van der Waals surface area (Å²) >= 11 is 0. The van der Waals surface area contributed by atoms with E-state index in [-0.39, 0.29) is 30.6 Å². The van der Waals surface area contributed by atoms with Crippen molar-refractivity contribution in [1.29, 1.82) is 0 Å². The van der Waals surface area contributed by atoms with E-state index in [9.17, 15) is 9.59 Å². The molecule has 1 N–H and O–H groups in total. The van der Waals surface area contributed by atoms with Crippen molar-refractivity contribution in [2.45, 2.75) is 38.8 Å². The number of hydrogen-bond acceptors (Lipinski definition) is 4. The summed E-state index contributed by atoms with van der Waals surface area (Å²) < 4.78 is 5.38. The number of nitrogens with zero attached hydrogens (tertiary/aromatic N) is 2. The van der Waals surface area contributed by atoms with Gasteiger partial charge in [0.05, 0.1) is 12.6 Å². The highest BCUT2D eigenvalue weighted by molar-refractivity contribution is 5.80. The number of ether oxygens (including phenoxy) is 1. The Labute approximate surface area is 120 Å². The van der Waals surface area contributed by atoms with Crippen LogP contribution in [0.3, 0.4) is 0 Å². The molecule has 2 fully saturated rings. The molecule has 1 unspecified atom stereocenters. The summed E-state index contributed by atoms with van der Waals surface area (Å²) in [5.41, 5.74) is 0. The fraction of sp³-hybridized carbons (Fsp3) is 0.857. The van der Waals surface area contributed by atoms with Crippen molar-refractivity contribution < 1.29 is 14.3 Å². The van der Waals surface area contributed by atoms with Crippen LogP contribution in [-0.2, 0) is 14.3 Å². The second-order valence-electron chi connectivity index (χ2n) is 5.76. The lowest BCUT2D eigenvalue weighted by atomic mass is 10.0. The molecule has 2 amide bonds. The largest absolute Gasteiger partial charge is 0.369 e. The van der Waals surface area contributed by atoms with Gasteiger partial charge in [0, 0.05) is 32.2 Å². The Bertz CT molecular complexity index is 360. The number of rotatable bonds is 4. The van der Waals surface area contributed by atoms with Crippen molar-refractivity contribution in [2.75, 3.05) is 39.3 Å². The smallest absolute Gasteiger partial charge is 0.248 e. The minimum atomic E-state index is 0.0333. The van der Waals surface area contributed by atoms with Gasteiger partial charge in [0.1, 0.15) is 6.61 Å². The van der Waals surface area contributed by atoms with Crippen LogP contribution in [0.15, 0.2) is 0 Å². The Morgan fingerprint density at radius 1 is 1.45 bits per heavy atom. The molecule has 2 saturated heterocycles. The average Bonchev–Trinajstić information content (AvgIpc) is 2.45. The Balaban J connectivity index is 1.87. The fourth-order valence-electron chi connectivity index (χ4n) is 2.77. The minimum Gasteiger partial charge on any atom is -0.369 e. The molecule has 0 aliphatic carbocycles. The highest BCUT2D eigenvalue weighted by Crippen LogP contribution is 2.17. The van der Waals surface area contributed by atoms with E-state index in [4.69, 9.17) is 4.74 Å². The van der Waals surface area contributed by atoms with Crippen LogP contribution in [-0.4, -0.2) is 73.1 Å². The first-order valence-corrected chi connectivity index (χ1v) is 7.47. The number of piperazine rings is 1. The molecule has 2 heterocycles. The predicted molar refractivity (Wildman–Crippen MR) is 75.3 cm³/mol. The average molecular weight is 283 g/mol. The third-order valence-corrected chi connectivity index (χ3v) is 3.86. The summed E-state index contributed by atoms with van der Waals surface area (Å²) in [4.78, 5) is 27.8. The van der Waals surface area contributed by atoms with Crippen LogP contribution in [0.5, 0.6) is 0 Å². The molecule has 2 aliphatic heterocycles. The van der Waals surface area contributed by atoms with Gasteiger partial charge in [-0.25, -0.2) is 0 Å². The number of piperidine rings is 1. The lowest BCUT2D eigenvalue weighted by Crippen LogP contribution is -2.57. The molecule has 6 heteroatoms. The maximum Gasteiger partial charge on any atom is 0.248 e. The Hall–Kier alpha value is -1.14. The van der Waals surface area contributed by atoms with Crippen LogP contribution in [0.2, 0.25) is 0 Å². The zero-order valence-corrected chi connectivity index (χ0v) is 12.4. The standard InChI is InChI=1S/C14H25N3O3/c1-11(2)20-10-14(19)16-6-3-4-12(9-16)17-7-5-15-8-13(17)18/h11-12,15H,3-10H2,1-2H3. The number of likely N-dealkylation sites (tertiary alicyclic amines) is 1. The summed E-state index contributed by atoms with van der Waals surface area (Å²) in [5, 5.41) is 3.08. The van der Waals surface area contributed by atoms with Crippen molar-refractivity contribution in [3.05, 3.63) is 0 Å². The monoisotopic (exact) mass is 283 g/mol. The molecular formula is C14H25N3O3. The molecule has 0 aromatic carbocycles. The molecule has 114 valence electrons. The molecule has 20 heavy (non-hydrogen) atoms. The molecule has 0 radical (unpaired) electrons. The van der Waals surface area contributed by atoms with Crippen LogP contribution in [0.4, 0.5) is 0 Å². The first kappa shape index (κ1) is 15.3. The summed E-state index contributed by atoms with van der Waals surface area (Å²) in [6, 6.07) is 0.168. The summed E-state index contributed by atoms with van der Waals surface area (Å²) in [6.45, 7) is 7.40. The Morgan fingerprint density at radius 3 is 2.95 bits per heavy atom. The van der Waals surface area contributed by atoms with Crippen LogP contribution in [0, 0.1) is 0 Å². The maximum atomic E-state index is 12.1. The topological polar surface area (TPSA) is 61.9 Å². The predicted octanol–water partition coefficient (Wildman–Crippen LogP) is -0.166. The van der Waals surface area contributed by atoms with Gasteiger partial charge in [-0.2, -0.15) is 0 Å². The van der Waals surface area contributed by atoms with E-state index in [1.165, 1.54) is 0 Å². The van der Waals surface area contributed by atoms with Gasteiger partial charge in [0.15, 0.2) is 0 Å². The van der Waals surface area contributed by atoms with Crippen LogP contribution in [0.1, 0.15) is 26.7 Å². The lowest BCUT2D eigenvalue weighted by Gasteiger charge is -2.41. The normalized spacial score (nSPS) is 24.4. The molecular weight excluding hydrogens is 258 g/mol. The summed E-state index contributed by atoms with van der Waals surface area (Å²) in [7, 11) is 0. The van der Waals surface area contributed by atoms with E-state index in [0.29, 0.717) is 13.1 Å². The van der Waals surface area contributed by atoms with Crippen LogP contribution < -0.4 is 5.32 Å². The molecule has 0 bridgehead atoms. The first-order valence-electron chi connectivity index (χ1n) is 7.47. The van der Waals surface area contributed by atoms with E-state index < -0.39 is 0 Å². The molecule has 2 rings (SSSR count). The molecule has 6 nitrogen and oxygen atoms in total. The van der Waals surface area contributed by atoms with Gasteiger partial charge in [0.2, 0.25) is 11.8 Å². The minimum absolute atomic E-state index is 0.0333. The molecule has 1 atom stereocenters. The highest BCUT2D eigenvalue weighted by atomic mass is 16.5. The van der Waals surface area contributed by atoms with E-state index in [0.717, 1.165) is 32.5 Å². The Kier molecular flexibility index (Phi) is 5.37. The van der Waals surface area contributed by atoms with Crippen LogP contribution in [0.25, 0.3) is 0 Å². The number of hydrogen-bond donors (Lipinski definition) is 1. The molecule has 0 aromatic heterocycles. The highest BCUT2D eigenvalue weighted by Gasteiger charge is 2.31. The summed E-state index contributed by atoms with van der Waals surface area (Å²) in [6.07, 6.45) is 2.00. The van der Waals surface area contributed by atoms with Crippen molar-refractivity contribution in [3.63, 3.8) is 0 Å². The van der Waals surface area contributed by atoms with Gasteiger partial charge < -0.3 is 19.9 Å². The lowest BCUT2D eigenvalue weighted by molar-refractivity contribution is -0.143. The van der Waals surface area contributed by atoms with Crippen LogP contribution >= 0.6 is 0 Å². The second kappa shape index (κ2) is 7.04. The van der Waals surface area contributed by atoms with Gasteiger partial charge in [-0.3, -0.25) is 9.59 Å². The molecule has 0 saturated carbocycles. The number of carbonyl (C=O) groups excluding carboxylic acids is 2. The quantitative estimate of drug-likeness (QED) is 0.778. The van der Waals surface area contributed by atoms with E-state index >= 15 is 0 Å². The third-order valence-electron chi connectivity index (χ3n) is 3.86. The Morgan fingerprint density at radius 2 is 2.25 bits per heavy atom. The maximum absolute atomic E-state index is 12.1. The van der Waals surface area contributed by atoms with Crippen molar-refractivity contribution in [1.82, 2.24) is 15.1 Å². The fourth-order valence-corrected chi connectivity index (χ4v) is 2.77. The van der Waals surface area contributed by atoms with Gasteiger partial charge in [-0.15, -0.1) is 0 Å². The van der Waals surface area contributed by atoms with Gasteiger partial charge in [0.25, 0.3) is 0 Å². The number of amides is 2. The van der Waals surface area contributed by atoms with Crippen molar-refractivity contribution >= 4 is 11.8 Å². The molecule has 2 aliphatic rings. The van der Waals surface area contributed by atoms with E-state index in [1.54, 1.807) is 0 Å². The van der Waals surface area contributed by atoms with Gasteiger partial charge >= 0.3 is 0 Å². The molecule has 0 spiro atoms. The third kappa shape index (κ3) is 3.93. The van der Waals surface area contributed by atoms with Gasteiger partial charge in [-0.1, -0.05) is 0 Å². The first-order chi connectivity index (χ1) is 9.58. The summed E-state index contributed by atoms with van der Waals surface area (Å²) in [5.74, 6) is 0.181. The van der Waals surface area contributed by atoms with Gasteiger partial charge in [-0.05, 0) is 26.7 Å². The zero-order valence-electron chi connectivity index (χ0n) is 12.4. The number of carbonyl (C=O) groups is 2. The molecule has 0 aromatic rings.